The molecule has 0 radical (unpaired) electrons. The van der Waals surface area contributed by atoms with Crippen LogP contribution >= 0.6 is 0 Å². The van der Waals surface area contributed by atoms with Crippen molar-refractivity contribution in [2.45, 2.75) is 13.5 Å². The first-order valence-electron chi connectivity index (χ1n) is 6.02. The van der Waals surface area contributed by atoms with Crippen LogP contribution in [0.3, 0.4) is 0 Å². The molecule has 3 nitrogen and oxygen atoms in total. The first kappa shape index (κ1) is 13.1. The molecular formula is C16H15NO2. The fourth-order valence-corrected chi connectivity index (χ4v) is 1.60. The number of aromatic nitrogens is 1. The minimum Gasteiger partial charge on any atom is -0.487 e. The molecule has 1 aromatic carbocycles. The highest BCUT2D eigenvalue weighted by molar-refractivity contribution is 5.38. The third kappa shape index (κ3) is 3.84. The third-order valence-corrected chi connectivity index (χ3v) is 2.66. The SMILES string of the molecule is Cc1cccnc1COc1ccc(C#CCO)cc1. The highest BCUT2D eigenvalue weighted by Gasteiger charge is 2.00. The van der Waals surface area contributed by atoms with Crippen LogP contribution in [0.25, 0.3) is 0 Å². The van der Waals surface area contributed by atoms with Gasteiger partial charge in [0.15, 0.2) is 0 Å². The van der Waals surface area contributed by atoms with Crippen molar-refractivity contribution in [1.29, 1.82) is 0 Å². The highest BCUT2D eigenvalue weighted by atomic mass is 16.5. The molecule has 1 N–H and O–H groups in total. The molecule has 0 amide bonds. The van der Waals surface area contributed by atoms with Crippen LogP contribution in [0.2, 0.25) is 0 Å². The van der Waals surface area contributed by atoms with Gasteiger partial charge >= 0.3 is 0 Å². The van der Waals surface area contributed by atoms with Gasteiger partial charge in [0, 0.05) is 11.8 Å². The van der Waals surface area contributed by atoms with Crippen molar-refractivity contribution in [3.05, 3.63) is 59.4 Å². The molecule has 3 heteroatoms. The molecule has 0 atom stereocenters. The predicted octanol–water partition coefficient (Wildman–Crippen LogP) is 2.31. The molecule has 2 rings (SSSR count). The molecular weight excluding hydrogens is 238 g/mol. The lowest BCUT2D eigenvalue weighted by molar-refractivity contribution is 0.300. The van der Waals surface area contributed by atoms with Crippen LogP contribution in [0.5, 0.6) is 5.75 Å². The van der Waals surface area contributed by atoms with Gasteiger partial charge in [-0.3, -0.25) is 4.98 Å². The molecule has 0 fully saturated rings. The first-order valence-corrected chi connectivity index (χ1v) is 6.02. The molecule has 0 saturated carbocycles. The van der Waals surface area contributed by atoms with Crippen LogP contribution in [0.1, 0.15) is 16.8 Å². The topological polar surface area (TPSA) is 42.4 Å². The summed E-state index contributed by atoms with van der Waals surface area (Å²) in [5.41, 5.74) is 2.91. The van der Waals surface area contributed by atoms with E-state index in [1.165, 1.54) is 0 Å². The number of pyridine rings is 1. The van der Waals surface area contributed by atoms with Gasteiger partial charge in [0.1, 0.15) is 19.0 Å². The van der Waals surface area contributed by atoms with E-state index < -0.39 is 0 Å². The van der Waals surface area contributed by atoms with Gasteiger partial charge in [-0.25, -0.2) is 0 Å². The Kier molecular flexibility index (Phi) is 4.54. The van der Waals surface area contributed by atoms with Crippen LogP contribution in [-0.2, 0) is 6.61 Å². The smallest absolute Gasteiger partial charge is 0.130 e. The lowest BCUT2D eigenvalue weighted by Gasteiger charge is -2.07. The fourth-order valence-electron chi connectivity index (χ4n) is 1.60. The van der Waals surface area contributed by atoms with Gasteiger partial charge in [-0.2, -0.15) is 0 Å². The van der Waals surface area contributed by atoms with Crippen molar-refractivity contribution < 1.29 is 9.84 Å². The minimum absolute atomic E-state index is 0.128. The Morgan fingerprint density at radius 1 is 1.21 bits per heavy atom. The van der Waals surface area contributed by atoms with E-state index in [2.05, 4.69) is 16.8 Å². The maximum Gasteiger partial charge on any atom is 0.130 e. The Labute approximate surface area is 112 Å². The number of aliphatic hydroxyl groups is 1. The Morgan fingerprint density at radius 2 is 2.00 bits per heavy atom. The molecule has 0 aliphatic carbocycles. The molecule has 0 aliphatic rings. The van der Waals surface area contributed by atoms with Crippen molar-refractivity contribution in [2.75, 3.05) is 6.61 Å². The summed E-state index contributed by atoms with van der Waals surface area (Å²) >= 11 is 0. The average Bonchev–Trinajstić information content (AvgIpc) is 2.45. The van der Waals surface area contributed by atoms with Gasteiger partial charge < -0.3 is 9.84 Å². The van der Waals surface area contributed by atoms with Crippen molar-refractivity contribution >= 4 is 0 Å². The average molecular weight is 253 g/mol. The van der Waals surface area contributed by atoms with Crippen LogP contribution in [-0.4, -0.2) is 16.7 Å². The zero-order valence-corrected chi connectivity index (χ0v) is 10.8. The summed E-state index contributed by atoms with van der Waals surface area (Å²) in [6, 6.07) is 11.4. The highest BCUT2D eigenvalue weighted by Crippen LogP contribution is 2.14. The van der Waals surface area contributed by atoms with Crippen molar-refractivity contribution in [1.82, 2.24) is 4.98 Å². The molecule has 2 aromatic rings. The second-order valence-electron chi connectivity index (χ2n) is 4.04. The van der Waals surface area contributed by atoms with Crippen molar-refractivity contribution in [3.63, 3.8) is 0 Å². The van der Waals surface area contributed by atoms with E-state index in [4.69, 9.17) is 9.84 Å². The van der Waals surface area contributed by atoms with E-state index in [-0.39, 0.29) is 6.61 Å². The summed E-state index contributed by atoms with van der Waals surface area (Å²) in [5.74, 6) is 6.22. The van der Waals surface area contributed by atoms with E-state index >= 15 is 0 Å². The molecule has 1 aromatic heterocycles. The zero-order valence-electron chi connectivity index (χ0n) is 10.8. The monoisotopic (exact) mass is 253 g/mol. The molecule has 0 spiro atoms. The third-order valence-electron chi connectivity index (χ3n) is 2.66. The Bertz CT molecular complexity index is 594. The molecule has 0 bridgehead atoms. The minimum atomic E-state index is -0.128. The first-order chi connectivity index (χ1) is 9.29. The fraction of sp³-hybridized carbons (Fsp3) is 0.188. The van der Waals surface area contributed by atoms with E-state index in [0.29, 0.717) is 6.61 Å². The van der Waals surface area contributed by atoms with Gasteiger partial charge in [0.05, 0.1) is 5.69 Å². The normalized spacial score (nSPS) is 9.58. The van der Waals surface area contributed by atoms with Gasteiger partial charge in [-0.1, -0.05) is 17.9 Å². The Balaban J connectivity index is 1.99. The molecule has 0 saturated heterocycles. The van der Waals surface area contributed by atoms with Crippen LogP contribution in [0.4, 0.5) is 0 Å². The number of aliphatic hydroxyl groups excluding tert-OH is 1. The summed E-state index contributed by atoms with van der Waals surface area (Å²) in [4.78, 5) is 4.28. The Morgan fingerprint density at radius 3 is 2.68 bits per heavy atom. The van der Waals surface area contributed by atoms with Crippen molar-refractivity contribution in [3.8, 4) is 17.6 Å². The number of ether oxygens (including phenoxy) is 1. The van der Waals surface area contributed by atoms with Crippen molar-refractivity contribution in [2.24, 2.45) is 0 Å². The molecule has 96 valence electrons. The van der Waals surface area contributed by atoms with E-state index in [1.807, 2.05) is 43.3 Å². The zero-order chi connectivity index (χ0) is 13.5. The second kappa shape index (κ2) is 6.58. The summed E-state index contributed by atoms with van der Waals surface area (Å²) < 4.78 is 5.67. The quantitative estimate of drug-likeness (QED) is 0.854. The summed E-state index contributed by atoms with van der Waals surface area (Å²) in [5, 5.41) is 8.61. The van der Waals surface area contributed by atoms with Crippen LogP contribution < -0.4 is 4.74 Å². The number of hydrogen-bond donors (Lipinski definition) is 1. The number of aryl methyl sites for hydroxylation is 1. The summed E-state index contributed by atoms with van der Waals surface area (Å²) in [7, 11) is 0. The Hall–Kier alpha value is -2.31. The van der Waals surface area contributed by atoms with Gasteiger partial charge in [-0.15, -0.1) is 0 Å². The van der Waals surface area contributed by atoms with Gasteiger partial charge in [0.2, 0.25) is 0 Å². The number of benzene rings is 1. The van der Waals surface area contributed by atoms with Crippen LogP contribution in [0.15, 0.2) is 42.6 Å². The maximum atomic E-state index is 8.61. The number of nitrogens with zero attached hydrogens (tertiary/aromatic N) is 1. The lowest BCUT2D eigenvalue weighted by Crippen LogP contribution is -2.00. The predicted molar refractivity (Wildman–Crippen MR) is 73.7 cm³/mol. The molecule has 0 unspecified atom stereocenters. The van der Waals surface area contributed by atoms with Gasteiger partial charge in [-0.05, 0) is 42.8 Å². The molecule has 0 aliphatic heterocycles. The number of hydrogen-bond acceptors (Lipinski definition) is 3. The van der Waals surface area contributed by atoms with Gasteiger partial charge in [0.25, 0.3) is 0 Å². The lowest BCUT2D eigenvalue weighted by atomic mass is 10.2. The van der Waals surface area contributed by atoms with E-state index in [1.54, 1.807) is 6.20 Å². The number of rotatable bonds is 3. The molecule has 1 heterocycles. The summed E-state index contributed by atoms with van der Waals surface area (Å²) in [6.45, 7) is 2.34. The van der Waals surface area contributed by atoms with E-state index in [0.717, 1.165) is 22.6 Å². The standard InChI is InChI=1S/C16H15NO2/c1-13-4-2-10-17-16(13)12-19-15-8-6-14(7-9-15)5-3-11-18/h2,4,6-10,18H,11-12H2,1H3. The largest absolute Gasteiger partial charge is 0.487 e. The second-order valence-corrected chi connectivity index (χ2v) is 4.04. The van der Waals surface area contributed by atoms with Crippen LogP contribution in [0, 0.1) is 18.8 Å². The van der Waals surface area contributed by atoms with E-state index in [9.17, 15) is 0 Å². The molecule has 19 heavy (non-hydrogen) atoms. The maximum absolute atomic E-state index is 8.61. The summed E-state index contributed by atoms with van der Waals surface area (Å²) in [6.07, 6.45) is 1.76.